The lowest BCUT2D eigenvalue weighted by atomic mass is 10.1. The van der Waals surface area contributed by atoms with Gasteiger partial charge in [0.05, 0.1) is 0 Å². The zero-order chi connectivity index (χ0) is 8.97. The highest BCUT2D eigenvalue weighted by Gasteiger charge is 1.95. The van der Waals surface area contributed by atoms with Crippen LogP contribution < -0.4 is 5.90 Å². The van der Waals surface area contributed by atoms with Crippen LogP contribution in [-0.4, -0.2) is 9.76 Å². The van der Waals surface area contributed by atoms with Gasteiger partial charge >= 0.3 is 0 Å². The van der Waals surface area contributed by atoms with Crippen LogP contribution in [-0.2, 0) is 10.6 Å². The molecule has 0 spiro atoms. The summed E-state index contributed by atoms with van der Waals surface area (Å²) in [4.78, 5) is 0. The molecule has 2 N–H and O–H groups in total. The molecule has 0 radical (unpaired) electrons. The Bertz CT molecular complexity index is 242. The first kappa shape index (κ1) is 9.44. The molecular weight excluding hydrogens is 166 g/mol. The normalized spacial score (nSPS) is 11.2. The topological polar surface area (TPSA) is 35.2 Å². The quantitative estimate of drug-likeness (QED) is 0.552. The Morgan fingerprint density at radius 3 is 2.33 bits per heavy atom. The van der Waals surface area contributed by atoms with Crippen LogP contribution in [0, 0.1) is 13.8 Å². The van der Waals surface area contributed by atoms with Gasteiger partial charge in [-0.25, -0.2) is 5.90 Å². The van der Waals surface area contributed by atoms with Crippen molar-refractivity contribution in [3.8, 4) is 0 Å². The molecule has 0 aliphatic heterocycles. The fraction of sp³-hybridized carbons (Fsp3) is 0.333. The van der Waals surface area contributed by atoms with Gasteiger partial charge in [0.15, 0.2) is 9.76 Å². The van der Waals surface area contributed by atoms with Crippen molar-refractivity contribution in [2.45, 2.75) is 19.9 Å². The molecule has 0 unspecified atom stereocenters. The minimum atomic E-state index is -0.531. The number of hydrogen-bond donors (Lipinski definition) is 1. The molecule has 0 saturated carbocycles. The van der Waals surface area contributed by atoms with Crippen LogP contribution >= 0.6 is 0 Å². The molecule has 0 bridgehead atoms. The predicted molar refractivity (Wildman–Crippen MR) is 53.4 cm³/mol. The number of hydrogen-bond acceptors (Lipinski definition) is 2. The van der Waals surface area contributed by atoms with Gasteiger partial charge in [0, 0.05) is 0 Å². The van der Waals surface area contributed by atoms with Gasteiger partial charge in [0.25, 0.3) is 0 Å². The van der Waals surface area contributed by atoms with E-state index in [0.717, 1.165) is 6.04 Å². The standard InChI is InChI=1S/C9H15NOSi/c1-7-3-8(2)5-9(4-7)6-12-11-10/h3-5H,6,10,12H2,1-2H3. The number of benzene rings is 1. The molecule has 66 valence electrons. The maximum absolute atomic E-state index is 5.01. The first-order valence-corrected chi connectivity index (χ1v) is 5.69. The van der Waals surface area contributed by atoms with E-state index in [1.807, 2.05) is 0 Å². The summed E-state index contributed by atoms with van der Waals surface area (Å²) >= 11 is 0. The molecule has 0 aromatic heterocycles. The highest BCUT2D eigenvalue weighted by atomic mass is 28.2. The fourth-order valence-corrected chi connectivity index (χ4v) is 2.03. The van der Waals surface area contributed by atoms with Gasteiger partial charge in [0.1, 0.15) is 0 Å². The van der Waals surface area contributed by atoms with Crippen molar-refractivity contribution < 1.29 is 4.53 Å². The Morgan fingerprint density at radius 2 is 1.83 bits per heavy atom. The minimum absolute atomic E-state index is 0.531. The summed E-state index contributed by atoms with van der Waals surface area (Å²) in [6.07, 6.45) is 0. The Balaban J connectivity index is 2.72. The lowest BCUT2D eigenvalue weighted by Crippen LogP contribution is -2.08. The van der Waals surface area contributed by atoms with E-state index in [4.69, 9.17) is 5.90 Å². The van der Waals surface area contributed by atoms with Crippen LogP contribution in [0.25, 0.3) is 0 Å². The van der Waals surface area contributed by atoms with E-state index >= 15 is 0 Å². The highest BCUT2D eigenvalue weighted by Crippen LogP contribution is 2.08. The summed E-state index contributed by atoms with van der Waals surface area (Å²) in [5.41, 5.74) is 3.98. The van der Waals surface area contributed by atoms with Crippen molar-refractivity contribution >= 4 is 9.76 Å². The summed E-state index contributed by atoms with van der Waals surface area (Å²) in [6, 6.07) is 7.59. The second-order valence-electron chi connectivity index (χ2n) is 3.12. The molecule has 0 atom stereocenters. The van der Waals surface area contributed by atoms with Crippen molar-refractivity contribution in [3.05, 3.63) is 34.9 Å². The third-order valence-electron chi connectivity index (χ3n) is 1.79. The van der Waals surface area contributed by atoms with E-state index in [2.05, 4.69) is 36.6 Å². The molecule has 3 heteroatoms. The van der Waals surface area contributed by atoms with E-state index in [0.29, 0.717) is 0 Å². The molecule has 2 nitrogen and oxygen atoms in total. The lowest BCUT2D eigenvalue weighted by Gasteiger charge is -2.02. The largest absolute Gasteiger partial charge is 0.356 e. The number of nitrogens with two attached hydrogens (primary N) is 1. The molecule has 1 rings (SSSR count). The molecule has 0 amide bonds. The van der Waals surface area contributed by atoms with E-state index in [1.54, 1.807) is 0 Å². The third kappa shape index (κ3) is 2.77. The Labute approximate surface area is 75.6 Å². The van der Waals surface area contributed by atoms with Crippen LogP contribution in [0.5, 0.6) is 0 Å². The van der Waals surface area contributed by atoms with E-state index in [-0.39, 0.29) is 0 Å². The summed E-state index contributed by atoms with van der Waals surface area (Å²) in [7, 11) is -0.531. The maximum atomic E-state index is 5.01. The van der Waals surface area contributed by atoms with Crippen molar-refractivity contribution in [3.63, 3.8) is 0 Å². The van der Waals surface area contributed by atoms with Gasteiger partial charge in [0.2, 0.25) is 0 Å². The van der Waals surface area contributed by atoms with Crippen LogP contribution in [0.4, 0.5) is 0 Å². The van der Waals surface area contributed by atoms with Crippen molar-refractivity contribution in [2.24, 2.45) is 5.90 Å². The summed E-state index contributed by atoms with van der Waals surface area (Å²) < 4.78 is 4.66. The molecule has 0 aliphatic rings. The summed E-state index contributed by atoms with van der Waals surface area (Å²) in [6.45, 7) is 4.22. The van der Waals surface area contributed by atoms with Gasteiger partial charge in [-0.1, -0.05) is 29.3 Å². The van der Waals surface area contributed by atoms with Gasteiger partial charge in [-0.2, -0.15) is 0 Å². The zero-order valence-corrected chi connectivity index (χ0v) is 9.05. The third-order valence-corrected chi connectivity index (χ3v) is 2.81. The van der Waals surface area contributed by atoms with Crippen LogP contribution in [0.1, 0.15) is 16.7 Å². The fourth-order valence-electron chi connectivity index (χ4n) is 1.39. The second-order valence-corrected chi connectivity index (χ2v) is 4.36. The highest BCUT2D eigenvalue weighted by molar-refractivity contribution is 6.26. The van der Waals surface area contributed by atoms with E-state index < -0.39 is 9.76 Å². The van der Waals surface area contributed by atoms with Crippen LogP contribution in [0.2, 0.25) is 0 Å². The van der Waals surface area contributed by atoms with Crippen LogP contribution in [0.15, 0.2) is 18.2 Å². The molecule has 0 aliphatic carbocycles. The first-order chi connectivity index (χ1) is 5.72. The second kappa shape index (κ2) is 4.40. The average molecular weight is 181 g/mol. The van der Waals surface area contributed by atoms with Crippen molar-refractivity contribution in [1.29, 1.82) is 0 Å². The van der Waals surface area contributed by atoms with Gasteiger partial charge in [-0.15, -0.1) is 0 Å². The molecule has 12 heavy (non-hydrogen) atoms. The maximum Gasteiger partial charge on any atom is 0.194 e. The Kier molecular flexibility index (Phi) is 3.46. The number of aryl methyl sites for hydroxylation is 2. The molecule has 0 saturated heterocycles. The Hall–Kier alpha value is -0.643. The Morgan fingerprint density at radius 1 is 1.25 bits per heavy atom. The molecule has 1 aromatic rings. The minimum Gasteiger partial charge on any atom is -0.356 e. The molecule has 0 fully saturated rings. The molecular formula is C9H15NOSi. The molecule has 0 heterocycles. The first-order valence-electron chi connectivity index (χ1n) is 4.11. The van der Waals surface area contributed by atoms with E-state index in [1.165, 1.54) is 16.7 Å². The monoisotopic (exact) mass is 181 g/mol. The number of rotatable bonds is 3. The van der Waals surface area contributed by atoms with E-state index in [9.17, 15) is 0 Å². The van der Waals surface area contributed by atoms with Crippen molar-refractivity contribution in [2.75, 3.05) is 0 Å². The zero-order valence-electron chi connectivity index (χ0n) is 7.63. The smallest absolute Gasteiger partial charge is 0.194 e. The summed E-state index contributed by atoms with van der Waals surface area (Å²) in [5, 5.41) is 0. The predicted octanol–water partition coefficient (Wildman–Crippen LogP) is 0.778. The van der Waals surface area contributed by atoms with Gasteiger partial charge < -0.3 is 4.53 Å². The summed E-state index contributed by atoms with van der Waals surface area (Å²) in [5.74, 6) is 5.01. The lowest BCUT2D eigenvalue weighted by molar-refractivity contribution is 0.354. The average Bonchev–Trinajstić information content (AvgIpc) is 1.99. The molecule has 1 aromatic carbocycles. The SMILES string of the molecule is Cc1cc(C)cc(C[SiH2]ON)c1. The van der Waals surface area contributed by atoms with Gasteiger partial charge in [-0.3, -0.25) is 0 Å². The van der Waals surface area contributed by atoms with Crippen LogP contribution in [0.3, 0.4) is 0 Å². The van der Waals surface area contributed by atoms with Crippen molar-refractivity contribution in [1.82, 2.24) is 0 Å². The van der Waals surface area contributed by atoms with Gasteiger partial charge in [-0.05, 0) is 25.5 Å².